The number of H-pyrrole nitrogens is 1. The van der Waals surface area contributed by atoms with Crippen LogP contribution in [-0.2, 0) is 11.2 Å². The van der Waals surface area contributed by atoms with Crippen molar-refractivity contribution >= 4 is 29.8 Å². The summed E-state index contributed by atoms with van der Waals surface area (Å²) in [5, 5.41) is 15.6. The van der Waals surface area contributed by atoms with E-state index in [2.05, 4.69) is 42.8 Å². The maximum atomic E-state index is 12.8. The van der Waals surface area contributed by atoms with Crippen LogP contribution in [0.3, 0.4) is 0 Å². The molecule has 0 saturated carbocycles. The Bertz CT molecular complexity index is 1100. The molecule has 2 heterocycles. The SMILES string of the molecule is CCc1cnc(OC)nc1.CNc1ccc(NCC(C)NC(=O)C(C)(F)F)c(C=N)c1.O=Cc1ncc[nH]1. The summed E-state index contributed by atoms with van der Waals surface area (Å²) < 4.78 is 30.3. The van der Waals surface area contributed by atoms with Crippen LogP contribution in [0.2, 0.25) is 0 Å². The number of aromatic amines is 1. The summed E-state index contributed by atoms with van der Waals surface area (Å²) in [6, 6.07) is 5.37. The highest BCUT2D eigenvalue weighted by Gasteiger charge is 2.32. The van der Waals surface area contributed by atoms with Crippen LogP contribution in [0.5, 0.6) is 6.01 Å². The van der Waals surface area contributed by atoms with Gasteiger partial charge in [0.1, 0.15) is 0 Å². The highest BCUT2D eigenvalue weighted by molar-refractivity contribution is 5.87. The molecular formula is C25H34F2N8O3. The van der Waals surface area contributed by atoms with Gasteiger partial charge in [0.15, 0.2) is 12.1 Å². The minimum atomic E-state index is -3.39. The molecule has 1 unspecified atom stereocenters. The second-order valence-corrected chi connectivity index (χ2v) is 7.86. The molecular weight excluding hydrogens is 498 g/mol. The van der Waals surface area contributed by atoms with E-state index in [1.54, 1.807) is 51.8 Å². The predicted molar refractivity (Wildman–Crippen MR) is 143 cm³/mol. The molecule has 38 heavy (non-hydrogen) atoms. The van der Waals surface area contributed by atoms with Crippen molar-refractivity contribution in [2.24, 2.45) is 0 Å². The number of rotatable bonds is 10. The van der Waals surface area contributed by atoms with E-state index in [4.69, 9.17) is 10.1 Å². The van der Waals surface area contributed by atoms with E-state index in [1.165, 1.54) is 12.4 Å². The lowest BCUT2D eigenvalue weighted by atomic mass is 10.1. The summed E-state index contributed by atoms with van der Waals surface area (Å²) in [7, 11) is 3.33. The molecule has 2 aromatic heterocycles. The minimum Gasteiger partial charge on any atom is -0.467 e. The van der Waals surface area contributed by atoms with Gasteiger partial charge in [-0.1, -0.05) is 6.92 Å². The Labute approximate surface area is 220 Å². The van der Waals surface area contributed by atoms with Gasteiger partial charge in [0, 0.05) is 74.5 Å². The largest absolute Gasteiger partial charge is 0.467 e. The first kappa shape index (κ1) is 31.6. The number of aldehydes is 1. The molecule has 0 spiro atoms. The van der Waals surface area contributed by atoms with Gasteiger partial charge in [-0.2, -0.15) is 8.78 Å². The van der Waals surface area contributed by atoms with Crippen molar-refractivity contribution in [3.05, 3.63) is 59.9 Å². The third kappa shape index (κ3) is 11.5. The Morgan fingerprint density at radius 1 is 1.26 bits per heavy atom. The number of halogens is 2. The van der Waals surface area contributed by atoms with E-state index < -0.39 is 17.9 Å². The number of hydrogen-bond donors (Lipinski definition) is 5. The highest BCUT2D eigenvalue weighted by atomic mass is 19.3. The number of ether oxygens (including phenoxy) is 1. The molecule has 0 aliphatic carbocycles. The molecule has 5 N–H and O–H groups in total. The Morgan fingerprint density at radius 2 is 1.95 bits per heavy atom. The first-order valence-electron chi connectivity index (χ1n) is 11.6. The molecule has 206 valence electrons. The van der Waals surface area contributed by atoms with Crippen molar-refractivity contribution in [1.82, 2.24) is 25.3 Å². The van der Waals surface area contributed by atoms with Crippen LogP contribution in [-0.4, -0.2) is 71.0 Å². The Hall–Kier alpha value is -4.42. The van der Waals surface area contributed by atoms with Crippen LogP contribution >= 0.6 is 0 Å². The average molecular weight is 533 g/mol. The number of alkyl halides is 2. The zero-order valence-electron chi connectivity index (χ0n) is 22.0. The molecule has 11 nitrogen and oxygen atoms in total. The number of benzene rings is 1. The zero-order valence-corrected chi connectivity index (χ0v) is 22.0. The lowest BCUT2D eigenvalue weighted by Crippen LogP contribution is -2.45. The summed E-state index contributed by atoms with van der Waals surface area (Å²) in [6.07, 6.45) is 9.50. The van der Waals surface area contributed by atoms with E-state index in [0.717, 1.165) is 17.7 Å². The number of nitrogens with one attached hydrogen (secondary N) is 5. The summed E-state index contributed by atoms with van der Waals surface area (Å²) >= 11 is 0. The number of carbonyl (C=O) groups is 2. The third-order valence-corrected chi connectivity index (χ3v) is 4.77. The predicted octanol–water partition coefficient (Wildman–Crippen LogP) is 3.57. The second-order valence-electron chi connectivity index (χ2n) is 7.86. The van der Waals surface area contributed by atoms with Crippen LogP contribution < -0.4 is 20.7 Å². The zero-order chi connectivity index (χ0) is 28.6. The maximum Gasteiger partial charge on any atom is 0.321 e. The van der Waals surface area contributed by atoms with Gasteiger partial charge in [-0.3, -0.25) is 9.59 Å². The van der Waals surface area contributed by atoms with Gasteiger partial charge in [-0.15, -0.1) is 0 Å². The van der Waals surface area contributed by atoms with Crippen LogP contribution in [0.1, 0.15) is 42.5 Å². The number of amides is 1. The van der Waals surface area contributed by atoms with Crippen molar-refractivity contribution in [3.63, 3.8) is 0 Å². The smallest absolute Gasteiger partial charge is 0.321 e. The van der Waals surface area contributed by atoms with Gasteiger partial charge < -0.3 is 31.1 Å². The molecule has 0 fully saturated rings. The van der Waals surface area contributed by atoms with E-state index in [-0.39, 0.29) is 6.54 Å². The second kappa shape index (κ2) is 16.3. The Balaban J connectivity index is 0.000000345. The molecule has 0 aliphatic heterocycles. The maximum absolute atomic E-state index is 12.8. The molecule has 0 radical (unpaired) electrons. The molecule has 0 bridgehead atoms. The number of anilines is 2. The van der Waals surface area contributed by atoms with Crippen molar-refractivity contribution in [1.29, 1.82) is 5.41 Å². The van der Waals surface area contributed by atoms with Gasteiger partial charge >= 0.3 is 11.9 Å². The number of carbonyl (C=O) groups excluding carboxylic acids is 2. The number of aryl methyl sites for hydroxylation is 1. The van der Waals surface area contributed by atoms with Crippen LogP contribution in [0.15, 0.2) is 43.0 Å². The summed E-state index contributed by atoms with van der Waals surface area (Å²) in [4.78, 5) is 35.0. The lowest BCUT2D eigenvalue weighted by Gasteiger charge is -2.19. The van der Waals surface area contributed by atoms with Crippen molar-refractivity contribution < 1.29 is 23.1 Å². The number of methoxy groups -OCH3 is 1. The van der Waals surface area contributed by atoms with E-state index in [1.807, 2.05) is 6.07 Å². The fraction of sp³-hybridized carbons (Fsp3) is 0.360. The normalized spacial score (nSPS) is 10.9. The number of aromatic nitrogens is 4. The van der Waals surface area contributed by atoms with Crippen molar-refractivity contribution in [2.75, 3.05) is 31.3 Å². The van der Waals surface area contributed by atoms with Crippen LogP contribution in [0.25, 0.3) is 0 Å². The summed E-state index contributed by atoms with van der Waals surface area (Å²) in [5.41, 5.74) is 3.36. The van der Waals surface area contributed by atoms with Gasteiger partial charge in [-0.05, 0) is 37.1 Å². The third-order valence-electron chi connectivity index (χ3n) is 4.77. The van der Waals surface area contributed by atoms with Crippen molar-refractivity contribution in [3.8, 4) is 6.01 Å². The van der Waals surface area contributed by atoms with Gasteiger partial charge in [0.25, 0.3) is 5.91 Å². The molecule has 3 rings (SSSR count). The van der Waals surface area contributed by atoms with Crippen LogP contribution in [0.4, 0.5) is 20.2 Å². The quantitative estimate of drug-likeness (QED) is 0.196. The molecule has 13 heteroatoms. The highest BCUT2D eigenvalue weighted by Crippen LogP contribution is 2.19. The number of nitrogens with zero attached hydrogens (tertiary/aromatic N) is 3. The fourth-order valence-electron chi connectivity index (χ4n) is 2.64. The van der Waals surface area contributed by atoms with E-state index in [9.17, 15) is 18.4 Å². The van der Waals surface area contributed by atoms with E-state index >= 15 is 0 Å². The molecule has 1 aromatic carbocycles. The van der Waals surface area contributed by atoms with Crippen molar-refractivity contribution in [2.45, 2.75) is 39.2 Å². The summed E-state index contributed by atoms with van der Waals surface area (Å²) in [6.45, 7) is 4.53. The Morgan fingerprint density at radius 3 is 2.39 bits per heavy atom. The molecule has 3 aromatic rings. The molecule has 1 amide bonds. The fourth-order valence-corrected chi connectivity index (χ4v) is 2.64. The topological polar surface area (TPSA) is 158 Å². The Kier molecular flexibility index (Phi) is 13.6. The standard InChI is InChI=1S/C14H20F2N4O.C7H10N2O.C4H4N2O/c1-9(20-13(21)14(2,15)16)8-19-12-5-4-11(18-3)6-10(12)7-17;1-3-6-4-8-7(10-2)9-5-6;7-3-4-5-1-2-6-4/h4-7,9,17-19H,8H2,1-3H3,(H,20,21);4-5H,3H2,1-2H3;1-3H,(H,5,6). The first-order chi connectivity index (χ1) is 18.1. The number of imidazole rings is 1. The van der Waals surface area contributed by atoms with E-state index in [0.29, 0.717) is 36.3 Å². The van der Waals surface area contributed by atoms with Gasteiger partial charge in [0.05, 0.1) is 7.11 Å². The van der Waals surface area contributed by atoms with Crippen LogP contribution in [0, 0.1) is 5.41 Å². The van der Waals surface area contributed by atoms with Gasteiger partial charge in [-0.25, -0.2) is 15.0 Å². The average Bonchev–Trinajstić information content (AvgIpc) is 3.46. The van der Waals surface area contributed by atoms with Gasteiger partial charge in [0.2, 0.25) is 0 Å². The first-order valence-corrected chi connectivity index (χ1v) is 11.6. The molecule has 0 saturated heterocycles. The summed E-state index contributed by atoms with van der Waals surface area (Å²) in [5.74, 6) is -4.31. The number of hydrogen-bond acceptors (Lipinski definition) is 9. The lowest BCUT2D eigenvalue weighted by molar-refractivity contribution is -0.143. The minimum absolute atomic E-state index is 0.279. The molecule has 1 atom stereocenters. The molecule has 0 aliphatic rings. The monoisotopic (exact) mass is 532 g/mol.